The minimum Gasteiger partial charge on any atom is -0.299 e. The number of Topliss-reactive ketones (excluding diaryl/α,β-unsaturated/α-hetero) is 1. The fraction of sp³-hybridized carbons (Fsp3) is 0.786. The molecule has 1 aromatic heterocycles. The normalized spacial score (nSPS) is 12.8. The lowest BCUT2D eigenvalue weighted by Gasteiger charge is -2.17. The van der Waals surface area contributed by atoms with Crippen LogP contribution in [0, 0.1) is 5.41 Å². The Morgan fingerprint density at radius 2 is 1.83 bits per heavy atom. The summed E-state index contributed by atoms with van der Waals surface area (Å²) in [7, 11) is 0. The average Bonchev–Trinajstić information content (AvgIpc) is 2.64. The van der Waals surface area contributed by atoms with Crippen LogP contribution in [0.2, 0.25) is 0 Å². The molecule has 0 spiro atoms. The van der Waals surface area contributed by atoms with E-state index in [4.69, 9.17) is 0 Å². The second-order valence-corrected chi connectivity index (χ2v) is 6.85. The van der Waals surface area contributed by atoms with Crippen LogP contribution in [0.25, 0.3) is 0 Å². The van der Waals surface area contributed by atoms with Gasteiger partial charge in [0.25, 0.3) is 0 Å². The highest BCUT2D eigenvalue weighted by Gasteiger charge is 2.20. The molecule has 102 valence electrons. The minimum atomic E-state index is -0.233. The molecule has 0 amide bonds. The maximum Gasteiger partial charge on any atom is 0.138 e. The Morgan fingerprint density at radius 3 is 2.28 bits per heavy atom. The first-order valence-corrected chi connectivity index (χ1v) is 6.56. The minimum absolute atomic E-state index is 0.0352. The lowest BCUT2D eigenvalue weighted by atomic mass is 9.88. The van der Waals surface area contributed by atoms with Gasteiger partial charge < -0.3 is 0 Å². The molecule has 0 aliphatic heterocycles. The number of carbonyl (C=O) groups is 1. The van der Waals surface area contributed by atoms with Gasteiger partial charge in [-0.1, -0.05) is 26.0 Å². The van der Waals surface area contributed by atoms with Crippen LogP contribution >= 0.6 is 0 Å². The Bertz CT molecular complexity index is 407. The molecule has 0 fully saturated rings. The molecule has 0 aliphatic rings. The van der Waals surface area contributed by atoms with Crippen LogP contribution in [0.15, 0.2) is 6.20 Å². The Labute approximate surface area is 110 Å². The predicted octanol–water partition coefficient (Wildman–Crippen LogP) is 2.97. The monoisotopic (exact) mass is 251 g/mol. The van der Waals surface area contributed by atoms with E-state index in [0.29, 0.717) is 12.2 Å². The van der Waals surface area contributed by atoms with Gasteiger partial charge in [-0.2, -0.15) is 0 Å². The van der Waals surface area contributed by atoms with Gasteiger partial charge in [-0.25, -0.2) is 4.68 Å². The molecule has 1 heterocycles. The molecular weight excluding hydrogens is 226 g/mol. The maximum atomic E-state index is 11.8. The van der Waals surface area contributed by atoms with E-state index in [1.54, 1.807) is 0 Å². The number of hydrogen-bond acceptors (Lipinski definition) is 3. The van der Waals surface area contributed by atoms with Crippen molar-refractivity contribution in [3.63, 3.8) is 0 Å². The Morgan fingerprint density at radius 1 is 1.22 bits per heavy atom. The summed E-state index contributed by atoms with van der Waals surface area (Å²) in [5.74, 6) is 0.311. The highest BCUT2D eigenvalue weighted by Crippen LogP contribution is 2.18. The number of hydrogen-bond donors (Lipinski definition) is 0. The van der Waals surface area contributed by atoms with E-state index < -0.39 is 0 Å². The van der Waals surface area contributed by atoms with Gasteiger partial charge in [0.1, 0.15) is 5.78 Å². The quantitative estimate of drug-likeness (QED) is 0.826. The highest BCUT2D eigenvalue weighted by atomic mass is 16.1. The molecule has 0 unspecified atom stereocenters. The Kier molecular flexibility index (Phi) is 4.30. The van der Waals surface area contributed by atoms with Crippen LogP contribution in [0.4, 0.5) is 0 Å². The second-order valence-electron chi connectivity index (χ2n) is 6.85. The van der Waals surface area contributed by atoms with Crippen molar-refractivity contribution < 1.29 is 4.79 Å². The topological polar surface area (TPSA) is 47.8 Å². The predicted molar refractivity (Wildman–Crippen MR) is 72.4 cm³/mol. The van der Waals surface area contributed by atoms with Gasteiger partial charge in [0.15, 0.2) is 0 Å². The molecule has 0 N–H and O–H groups in total. The first kappa shape index (κ1) is 14.9. The summed E-state index contributed by atoms with van der Waals surface area (Å²) in [5.41, 5.74) is 0.696. The van der Waals surface area contributed by atoms with Crippen LogP contribution in [0.3, 0.4) is 0 Å². The zero-order valence-electron chi connectivity index (χ0n) is 12.4. The van der Waals surface area contributed by atoms with Crippen molar-refractivity contribution in [3.05, 3.63) is 11.9 Å². The lowest BCUT2D eigenvalue weighted by Crippen LogP contribution is -2.22. The third kappa shape index (κ3) is 4.24. The summed E-state index contributed by atoms with van der Waals surface area (Å²) in [6.45, 7) is 12.2. The van der Waals surface area contributed by atoms with Gasteiger partial charge in [-0.3, -0.25) is 4.79 Å². The Hall–Kier alpha value is -1.19. The third-order valence-electron chi connectivity index (χ3n) is 2.90. The Balaban J connectivity index is 2.46. The van der Waals surface area contributed by atoms with Crippen LogP contribution in [0.1, 0.15) is 60.1 Å². The number of aryl methyl sites for hydroxylation is 1. The van der Waals surface area contributed by atoms with Crippen molar-refractivity contribution in [1.29, 1.82) is 0 Å². The molecule has 0 aromatic carbocycles. The van der Waals surface area contributed by atoms with E-state index in [1.165, 1.54) is 0 Å². The van der Waals surface area contributed by atoms with Crippen molar-refractivity contribution in [3.8, 4) is 0 Å². The second kappa shape index (κ2) is 5.21. The van der Waals surface area contributed by atoms with Crippen LogP contribution in [0.5, 0.6) is 0 Å². The molecule has 0 saturated carbocycles. The van der Waals surface area contributed by atoms with Crippen molar-refractivity contribution >= 4 is 5.78 Å². The molecule has 18 heavy (non-hydrogen) atoms. The van der Waals surface area contributed by atoms with Gasteiger partial charge in [0, 0.05) is 18.0 Å². The number of ketones is 1. The fourth-order valence-electron chi connectivity index (χ4n) is 1.55. The number of rotatable bonds is 4. The molecular formula is C14H25N3O. The van der Waals surface area contributed by atoms with E-state index in [1.807, 2.05) is 31.6 Å². The van der Waals surface area contributed by atoms with Gasteiger partial charge in [-0.15, -0.1) is 5.10 Å². The van der Waals surface area contributed by atoms with E-state index in [2.05, 4.69) is 31.1 Å². The highest BCUT2D eigenvalue weighted by molar-refractivity contribution is 5.83. The van der Waals surface area contributed by atoms with Gasteiger partial charge in [0.2, 0.25) is 0 Å². The molecule has 0 radical (unpaired) electrons. The van der Waals surface area contributed by atoms with Crippen molar-refractivity contribution in [1.82, 2.24) is 15.0 Å². The number of aromatic nitrogens is 3. The third-order valence-corrected chi connectivity index (χ3v) is 2.90. The molecule has 4 heteroatoms. The van der Waals surface area contributed by atoms with E-state index in [-0.39, 0.29) is 11.0 Å². The summed E-state index contributed by atoms with van der Waals surface area (Å²) >= 11 is 0. The smallest absolute Gasteiger partial charge is 0.138 e. The summed E-state index contributed by atoms with van der Waals surface area (Å²) < 4.78 is 1.87. The largest absolute Gasteiger partial charge is 0.299 e. The fourth-order valence-corrected chi connectivity index (χ4v) is 1.55. The summed E-state index contributed by atoms with van der Waals surface area (Å²) in [5, 5.41) is 8.26. The van der Waals surface area contributed by atoms with E-state index in [0.717, 1.165) is 18.5 Å². The first-order valence-electron chi connectivity index (χ1n) is 6.56. The average molecular weight is 251 g/mol. The van der Waals surface area contributed by atoms with Gasteiger partial charge in [0.05, 0.1) is 11.2 Å². The van der Waals surface area contributed by atoms with Crippen LogP contribution in [-0.4, -0.2) is 20.8 Å². The zero-order valence-corrected chi connectivity index (χ0v) is 12.4. The molecule has 0 bridgehead atoms. The first-order chi connectivity index (χ1) is 8.10. The SMILES string of the molecule is CC(C)(C)C(=O)CCCc1cn(C(C)(C)C)nn1. The van der Waals surface area contributed by atoms with Crippen LogP contribution < -0.4 is 0 Å². The summed E-state index contributed by atoms with van der Waals surface area (Å²) in [6.07, 6.45) is 4.25. The van der Waals surface area contributed by atoms with Crippen molar-refractivity contribution in [2.75, 3.05) is 0 Å². The molecule has 1 rings (SSSR count). The van der Waals surface area contributed by atoms with Crippen molar-refractivity contribution in [2.45, 2.75) is 66.3 Å². The van der Waals surface area contributed by atoms with Gasteiger partial charge >= 0.3 is 0 Å². The van der Waals surface area contributed by atoms with Gasteiger partial charge in [-0.05, 0) is 33.6 Å². The summed E-state index contributed by atoms with van der Waals surface area (Å²) in [4.78, 5) is 11.8. The van der Waals surface area contributed by atoms with E-state index >= 15 is 0 Å². The number of carbonyl (C=O) groups excluding carboxylic acids is 1. The molecule has 4 nitrogen and oxygen atoms in total. The number of nitrogens with zero attached hydrogens (tertiary/aromatic N) is 3. The maximum absolute atomic E-state index is 11.8. The lowest BCUT2D eigenvalue weighted by molar-refractivity contribution is -0.126. The molecule has 0 atom stereocenters. The van der Waals surface area contributed by atoms with Crippen LogP contribution in [-0.2, 0) is 16.8 Å². The zero-order chi connectivity index (χ0) is 14.0. The standard InChI is InChI=1S/C14H25N3O/c1-13(2,3)12(18)9-7-8-11-10-17(16-15-11)14(4,5)6/h10H,7-9H2,1-6H3. The molecule has 1 aromatic rings. The van der Waals surface area contributed by atoms with Crippen molar-refractivity contribution in [2.24, 2.45) is 5.41 Å². The molecule has 0 aliphatic carbocycles. The molecule has 0 saturated heterocycles. The van der Waals surface area contributed by atoms with E-state index in [9.17, 15) is 4.79 Å². The summed E-state index contributed by atoms with van der Waals surface area (Å²) in [6, 6.07) is 0.